The predicted octanol–water partition coefficient (Wildman–Crippen LogP) is 1.38. The van der Waals surface area contributed by atoms with E-state index in [4.69, 9.17) is 4.74 Å². The minimum atomic E-state index is -0.263. The molecule has 4 heteroatoms. The van der Waals surface area contributed by atoms with Gasteiger partial charge in [0.05, 0.1) is 19.0 Å². The first-order valence-electron chi connectivity index (χ1n) is 5.18. The largest absolute Gasteiger partial charge is 0.495 e. The molecule has 15 heavy (non-hydrogen) atoms. The Hall–Kier alpha value is -1.16. The first-order chi connectivity index (χ1) is 7.29. The number of ether oxygens (including phenoxy) is 1. The summed E-state index contributed by atoms with van der Waals surface area (Å²) in [7, 11) is 1.51. The van der Waals surface area contributed by atoms with Gasteiger partial charge in [-0.05, 0) is 31.8 Å². The van der Waals surface area contributed by atoms with Crippen molar-refractivity contribution in [3.63, 3.8) is 0 Å². The zero-order chi connectivity index (χ0) is 10.7. The van der Waals surface area contributed by atoms with Crippen molar-refractivity contribution in [3.8, 4) is 5.75 Å². The van der Waals surface area contributed by atoms with E-state index in [1.165, 1.54) is 13.2 Å². The van der Waals surface area contributed by atoms with Gasteiger partial charge in [-0.1, -0.05) is 0 Å². The predicted molar refractivity (Wildman–Crippen MR) is 55.4 cm³/mol. The van der Waals surface area contributed by atoms with E-state index in [9.17, 15) is 4.39 Å². The molecule has 0 bridgehead atoms. The van der Waals surface area contributed by atoms with Crippen LogP contribution in [0, 0.1) is 11.7 Å². The van der Waals surface area contributed by atoms with Crippen molar-refractivity contribution in [1.29, 1.82) is 0 Å². The van der Waals surface area contributed by atoms with Gasteiger partial charge in [-0.25, -0.2) is 4.39 Å². The molecule has 0 spiro atoms. The van der Waals surface area contributed by atoms with E-state index in [2.05, 4.69) is 10.3 Å². The van der Waals surface area contributed by atoms with Gasteiger partial charge in [-0.3, -0.25) is 4.98 Å². The van der Waals surface area contributed by atoms with Gasteiger partial charge in [0, 0.05) is 6.07 Å². The van der Waals surface area contributed by atoms with Crippen molar-refractivity contribution < 1.29 is 9.13 Å². The van der Waals surface area contributed by atoms with E-state index >= 15 is 0 Å². The number of hydrogen-bond acceptors (Lipinski definition) is 3. The lowest BCUT2D eigenvalue weighted by molar-refractivity contribution is 0.406. The molecule has 1 N–H and O–H groups in total. The lowest BCUT2D eigenvalue weighted by Gasteiger charge is -2.08. The minimum Gasteiger partial charge on any atom is -0.495 e. The van der Waals surface area contributed by atoms with E-state index in [1.807, 2.05) is 0 Å². The van der Waals surface area contributed by atoms with Gasteiger partial charge in [0.15, 0.2) is 0 Å². The van der Waals surface area contributed by atoms with Gasteiger partial charge in [-0.2, -0.15) is 0 Å². The Balaban J connectivity index is 2.07. The van der Waals surface area contributed by atoms with Gasteiger partial charge in [0.25, 0.3) is 0 Å². The van der Waals surface area contributed by atoms with Crippen LogP contribution in [0.3, 0.4) is 0 Å². The lowest BCUT2D eigenvalue weighted by atomic mass is 10.0. The van der Waals surface area contributed by atoms with Crippen LogP contribution in [0.5, 0.6) is 5.75 Å². The third-order valence-electron chi connectivity index (χ3n) is 2.77. The Morgan fingerprint density at radius 3 is 3.13 bits per heavy atom. The summed E-state index contributed by atoms with van der Waals surface area (Å²) in [6.45, 7) is 2.00. The van der Waals surface area contributed by atoms with Crippen molar-refractivity contribution in [1.82, 2.24) is 10.3 Å². The first kappa shape index (κ1) is 10.4. The Labute approximate surface area is 88.7 Å². The molecule has 1 aliphatic heterocycles. The number of methoxy groups -OCH3 is 1. The van der Waals surface area contributed by atoms with Crippen LogP contribution in [-0.4, -0.2) is 25.2 Å². The Morgan fingerprint density at radius 1 is 1.67 bits per heavy atom. The summed E-state index contributed by atoms with van der Waals surface area (Å²) >= 11 is 0. The molecule has 0 aromatic carbocycles. The maximum atomic E-state index is 13.5. The van der Waals surface area contributed by atoms with Gasteiger partial charge in [0.2, 0.25) is 0 Å². The number of rotatable bonds is 3. The topological polar surface area (TPSA) is 34.1 Å². The maximum absolute atomic E-state index is 13.5. The summed E-state index contributed by atoms with van der Waals surface area (Å²) in [6, 6.07) is 1.39. The molecule has 0 aliphatic carbocycles. The van der Waals surface area contributed by atoms with E-state index in [0.29, 0.717) is 23.8 Å². The molecule has 1 unspecified atom stereocenters. The normalized spacial score (nSPS) is 20.5. The van der Waals surface area contributed by atoms with E-state index < -0.39 is 0 Å². The lowest BCUT2D eigenvalue weighted by Crippen LogP contribution is -2.12. The van der Waals surface area contributed by atoms with E-state index in [-0.39, 0.29) is 5.82 Å². The first-order valence-corrected chi connectivity index (χ1v) is 5.18. The van der Waals surface area contributed by atoms with Crippen molar-refractivity contribution >= 4 is 0 Å². The van der Waals surface area contributed by atoms with Crippen LogP contribution in [-0.2, 0) is 6.42 Å². The standard InChI is InChI=1S/C11H15FN2O/c1-15-9-5-10(12)11(14-7-9)4-8-2-3-13-6-8/h5,7-8,13H,2-4,6H2,1H3. The van der Waals surface area contributed by atoms with E-state index in [1.54, 1.807) is 6.20 Å². The van der Waals surface area contributed by atoms with Gasteiger partial charge in [-0.15, -0.1) is 0 Å². The molecule has 1 aromatic heterocycles. The third kappa shape index (κ3) is 2.45. The highest BCUT2D eigenvalue weighted by atomic mass is 19.1. The number of nitrogens with zero attached hydrogens (tertiary/aromatic N) is 1. The Kier molecular flexibility index (Phi) is 3.16. The molecule has 0 radical (unpaired) electrons. The average Bonchev–Trinajstić information content (AvgIpc) is 2.74. The monoisotopic (exact) mass is 210 g/mol. The molecule has 3 nitrogen and oxygen atoms in total. The highest BCUT2D eigenvalue weighted by Crippen LogP contribution is 2.18. The fourth-order valence-electron chi connectivity index (χ4n) is 1.87. The van der Waals surface area contributed by atoms with Crippen molar-refractivity contribution in [2.24, 2.45) is 5.92 Å². The van der Waals surface area contributed by atoms with Crippen LogP contribution < -0.4 is 10.1 Å². The van der Waals surface area contributed by atoms with Gasteiger partial charge < -0.3 is 10.1 Å². The van der Waals surface area contributed by atoms with Crippen LogP contribution in [0.25, 0.3) is 0 Å². The third-order valence-corrected chi connectivity index (χ3v) is 2.77. The summed E-state index contributed by atoms with van der Waals surface area (Å²) in [5.41, 5.74) is 0.546. The smallest absolute Gasteiger partial charge is 0.148 e. The number of nitrogens with one attached hydrogen (secondary N) is 1. The fourth-order valence-corrected chi connectivity index (χ4v) is 1.87. The van der Waals surface area contributed by atoms with Gasteiger partial charge >= 0.3 is 0 Å². The molecule has 2 heterocycles. The zero-order valence-corrected chi connectivity index (χ0v) is 8.79. The second-order valence-electron chi connectivity index (χ2n) is 3.87. The molecule has 1 aliphatic rings. The second-order valence-corrected chi connectivity index (χ2v) is 3.87. The van der Waals surface area contributed by atoms with E-state index in [0.717, 1.165) is 19.5 Å². The van der Waals surface area contributed by atoms with Crippen molar-refractivity contribution in [2.45, 2.75) is 12.8 Å². The summed E-state index contributed by atoms with van der Waals surface area (Å²) in [6.07, 6.45) is 3.39. The van der Waals surface area contributed by atoms with Crippen molar-refractivity contribution in [3.05, 3.63) is 23.8 Å². The van der Waals surface area contributed by atoms with Crippen LogP contribution >= 0.6 is 0 Å². The Morgan fingerprint density at radius 2 is 2.53 bits per heavy atom. The number of aromatic nitrogens is 1. The maximum Gasteiger partial charge on any atom is 0.148 e. The zero-order valence-electron chi connectivity index (χ0n) is 8.79. The highest BCUT2D eigenvalue weighted by Gasteiger charge is 2.17. The Bertz CT molecular complexity index is 337. The summed E-state index contributed by atoms with van der Waals surface area (Å²) in [5.74, 6) is 0.724. The van der Waals surface area contributed by atoms with Crippen LogP contribution in [0.15, 0.2) is 12.3 Å². The SMILES string of the molecule is COc1cnc(CC2CCNC2)c(F)c1. The molecule has 1 aromatic rings. The summed E-state index contributed by atoms with van der Waals surface area (Å²) in [4.78, 5) is 4.08. The number of pyridine rings is 1. The van der Waals surface area contributed by atoms with Crippen LogP contribution in [0.1, 0.15) is 12.1 Å². The molecule has 1 saturated heterocycles. The summed E-state index contributed by atoms with van der Waals surface area (Å²) < 4.78 is 18.4. The molecule has 82 valence electrons. The molecular formula is C11H15FN2O. The average molecular weight is 210 g/mol. The fraction of sp³-hybridized carbons (Fsp3) is 0.545. The second kappa shape index (κ2) is 4.57. The molecular weight excluding hydrogens is 195 g/mol. The quantitative estimate of drug-likeness (QED) is 0.818. The minimum absolute atomic E-state index is 0.263. The van der Waals surface area contributed by atoms with Crippen LogP contribution in [0.4, 0.5) is 4.39 Å². The van der Waals surface area contributed by atoms with Crippen LogP contribution in [0.2, 0.25) is 0 Å². The number of halogens is 1. The molecule has 1 fully saturated rings. The highest BCUT2D eigenvalue weighted by molar-refractivity contribution is 5.21. The number of hydrogen-bond donors (Lipinski definition) is 1. The molecule has 0 amide bonds. The molecule has 2 rings (SSSR count). The molecule has 0 saturated carbocycles. The molecule has 1 atom stereocenters. The van der Waals surface area contributed by atoms with Crippen molar-refractivity contribution in [2.75, 3.05) is 20.2 Å². The summed E-state index contributed by atoms with van der Waals surface area (Å²) in [5, 5.41) is 3.26. The van der Waals surface area contributed by atoms with Gasteiger partial charge in [0.1, 0.15) is 11.6 Å².